The predicted octanol–water partition coefficient (Wildman–Crippen LogP) is 6.93. The lowest BCUT2D eigenvalue weighted by atomic mass is 10.2. The fraction of sp³-hybridized carbons (Fsp3) is 0.0435. The Morgan fingerprint density at radius 3 is 2.52 bits per heavy atom. The van der Waals surface area contributed by atoms with E-state index in [9.17, 15) is 9.18 Å². The summed E-state index contributed by atoms with van der Waals surface area (Å²) in [5.74, 6) is -0.363. The molecule has 0 aliphatic carbocycles. The van der Waals surface area contributed by atoms with Crippen LogP contribution in [0.15, 0.2) is 80.3 Å². The van der Waals surface area contributed by atoms with Crippen LogP contribution in [0.4, 0.5) is 4.39 Å². The van der Waals surface area contributed by atoms with Crippen molar-refractivity contribution >= 4 is 61.4 Å². The average molecular weight is 566 g/mol. The van der Waals surface area contributed by atoms with Gasteiger partial charge in [-0.2, -0.15) is 0 Å². The highest BCUT2D eigenvalue weighted by atomic mass is 79.9. The number of cyclic esters (lactones) is 1. The maximum Gasteiger partial charge on any atom is 0.363 e. The van der Waals surface area contributed by atoms with Crippen molar-refractivity contribution in [1.29, 1.82) is 0 Å². The zero-order chi connectivity index (χ0) is 22.0. The van der Waals surface area contributed by atoms with Crippen molar-refractivity contribution in [3.05, 3.63) is 103 Å². The zero-order valence-corrected chi connectivity index (χ0v) is 19.7. The molecule has 0 bridgehead atoms. The Morgan fingerprint density at radius 1 is 1.06 bits per heavy atom. The molecule has 0 amide bonds. The van der Waals surface area contributed by atoms with Gasteiger partial charge in [0.1, 0.15) is 18.2 Å². The first kappa shape index (κ1) is 21.7. The second kappa shape index (κ2) is 9.34. The van der Waals surface area contributed by atoms with Gasteiger partial charge in [0.2, 0.25) is 5.90 Å². The molecule has 4 nitrogen and oxygen atoms in total. The van der Waals surface area contributed by atoms with Crippen LogP contribution in [0.3, 0.4) is 0 Å². The number of hydrogen-bond acceptors (Lipinski definition) is 4. The van der Waals surface area contributed by atoms with Gasteiger partial charge in [-0.25, -0.2) is 14.2 Å². The van der Waals surface area contributed by atoms with Crippen molar-refractivity contribution < 1.29 is 18.7 Å². The molecule has 4 rings (SSSR count). The third kappa shape index (κ3) is 5.23. The Balaban J connectivity index is 1.56. The predicted molar refractivity (Wildman–Crippen MR) is 125 cm³/mol. The van der Waals surface area contributed by atoms with Crippen molar-refractivity contribution in [1.82, 2.24) is 0 Å². The largest absolute Gasteiger partial charge is 0.487 e. The normalized spacial score (nSPS) is 14.5. The topological polar surface area (TPSA) is 47.9 Å². The molecule has 1 heterocycles. The van der Waals surface area contributed by atoms with E-state index in [1.807, 2.05) is 18.2 Å². The van der Waals surface area contributed by atoms with E-state index in [0.717, 1.165) is 5.56 Å². The molecular weight excluding hydrogens is 553 g/mol. The molecule has 0 aromatic heterocycles. The van der Waals surface area contributed by atoms with Crippen molar-refractivity contribution in [3.63, 3.8) is 0 Å². The zero-order valence-electron chi connectivity index (χ0n) is 15.7. The number of nitrogens with zero attached hydrogens (tertiary/aromatic N) is 1. The van der Waals surface area contributed by atoms with E-state index in [0.29, 0.717) is 37.5 Å². The third-order valence-corrected chi connectivity index (χ3v) is 5.70. The van der Waals surface area contributed by atoms with Crippen molar-refractivity contribution in [2.45, 2.75) is 6.61 Å². The molecule has 1 aliphatic heterocycles. The monoisotopic (exact) mass is 563 g/mol. The van der Waals surface area contributed by atoms with Crippen LogP contribution in [0.5, 0.6) is 5.75 Å². The van der Waals surface area contributed by atoms with Gasteiger partial charge >= 0.3 is 5.97 Å². The Kier molecular flexibility index (Phi) is 6.55. The Hall–Kier alpha value is -2.48. The molecule has 0 spiro atoms. The minimum absolute atomic E-state index is 0.0651. The number of ether oxygens (including phenoxy) is 2. The van der Waals surface area contributed by atoms with E-state index in [2.05, 4.69) is 36.9 Å². The number of esters is 1. The lowest BCUT2D eigenvalue weighted by Gasteiger charge is -2.11. The molecule has 0 fully saturated rings. The van der Waals surface area contributed by atoms with Crippen LogP contribution >= 0.6 is 43.5 Å². The minimum Gasteiger partial charge on any atom is -0.487 e. The second-order valence-electron chi connectivity index (χ2n) is 6.58. The number of rotatable bonds is 5. The number of carbonyl (C=O) groups excluding carboxylic acids is 1. The summed E-state index contributed by atoms with van der Waals surface area (Å²) in [6.07, 6.45) is 1.59. The van der Waals surface area contributed by atoms with E-state index in [1.165, 1.54) is 18.2 Å². The number of hydrogen-bond donors (Lipinski definition) is 0. The molecule has 31 heavy (non-hydrogen) atoms. The molecule has 0 unspecified atom stereocenters. The average Bonchev–Trinajstić information content (AvgIpc) is 3.08. The van der Waals surface area contributed by atoms with Crippen molar-refractivity contribution in [2.75, 3.05) is 0 Å². The molecular formula is C23H13Br2ClFNO3. The second-order valence-corrected chi connectivity index (χ2v) is 8.72. The molecule has 0 saturated carbocycles. The van der Waals surface area contributed by atoms with Crippen LogP contribution in [-0.4, -0.2) is 11.9 Å². The van der Waals surface area contributed by atoms with Gasteiger partial charge in [0.15, 0.2) is 5.70 Å². The van der Waals surface area contributed by atoms with Gasteiger partial charge in [0.05, 0.1) is 8.95 Å². The van der Waals surface area contributed by atoms with Crippen molar-refractivity contribution in [2.24, 2.45) is 4.99 Å². The molecule has 0 radical (unpaired) electrons. The fourth-order valence-electron chi connectivity index (χ4n) is 2.89. The molecule has 0 atom stereocenters. The summed E-state index contributed by atoms with van der Waals surface area (Å²) in [5, 5.41) is 0.641. The number of halogens is 4. The van der Waals surface area contributed by atoms with Crippen LogP contribution in [-0.2, 0) is 16.1 Å². The van der Waals surface area contributed by atoms with Gasteiger partial charge < -0.3 is 9.47 Å². The van der Waals surface area contributed by atoms with Crippen molar-refractivity contribution in [3.8, 4) is 5.75 Å². The molecule has 0 N–H and O–H groups in total. The number of carbonyl (C=O) groups is 1. The summed E-state index contributed by atoms with van der Waals surface area (Å²) in [4.78, 5) is 16.4. The van der Waals surface area contributed by atoms with Gasteiger partial charge in [0.25, 0.3) is 0 Å². The maximum absolute atomic E-state index is 13.4. The smallest absolute Gasteiger partial charge is 0.363 e. The van der Waals surface area contributed by atoms with Crippen LogP contribution in [0.1, 0.15) is 16.7 Å². The highest BCUT2D eigenvalue weighted by molar-refractivity contribution is 9.11. The van der Waals surface area contributed by atoms with Gasteiger partial charge in [-0.05, 0) is 91.5 Å². The minimum atomic E-state index is -0.604. The van der Waals surface area contributed by atoms with E-state index in [1.54, 1.807) is 30.3 Å². The quantitative estimate of drug-likeness (QED) is 0.249. The summed E-state index contributed by atoms with van der Waals surface area (Å²) < 4.78 is 25.9. The highest BCUT2D eigenvalue weighted by Gasteiger charge is 2.24. The van der Waals surface area contributed by atoms with E-state index in [-0.39, 0.29) is 11.6 Å². The van der Waals surface area contributed by atoms with Crippen LogP contribution in [0.2, 0.25) is 5.02 Å². The third-order valence-electron chi connectivity index (χ3n) is 4.29. The lowest BCUT2D eigenvalue weighted by Crippen LogP contribution is -2.05. The highest BCUT2D eigenvalue weighted by Crippen LogP contribution is 2.36. The number of benzene rings is 3. The molecule has 3 aromatic carbocycles. The Labute approximate surface area is 199 Å². The molecule has 1 aliphatic rings. The number of aliphatic imine (C=N–C) groups is 1. The molecule has 3 aromatic rings. The van der Waals surface area contributed by atoms with E-state index >= 15 is 0 Å². The van der Waals surface area contributed by atoms with E-state index < -0.39 is 11.8 Å². The fourth-order valence-corrected chi connectivity index (χ4v) is 4.56. The summed E-state index contributed by atoms with van der Waals surface area (Å²) >= 11 is 13.0. The summed E-state index contributed by atoms with van der Waals surface area (Å²) in [7, 11) is 0. The first-order valence-electron chi connectivity index (χ1n) is 9.04. The molecule has 8 heteroatoms. The lowest BCUT2D eigenvalue weighted by molar-refractivity contribution is -0.129. The Morgan fingerprint density at radius 2 is 1.81 bits per heavy atom. The van der Waals surface area contributed by atoms with Crippen LogP contribution in [0.25, 0.3) is 6.08 Å². The van der Waals surface area contributed by atoms with Gasteiger partial charge in [-0.3, -0.25) is 0 Å². The van der Waals surface area contributed by atoms with E-state index in [4.69, 9.17) is 21.1 Å². The first-order valence-corrected chi connectivity index (χ1v) is 11.0. The summed E-state index contributed by atoms with van der Waals surface area (Å²) in [6, 6.07) is 16.7. The molecule has 0 saturated heterocycles. The van der Waals surface area contributed by atoms with Gasteiger partial charge in [0, 0.05) is 10.6 Å². The summed E-state index contributed by atoms with van der Waals surface area (Å²) in [5.41, 5.74) is 2.14. The van der Waals surface area contributed by atoms with Gasteiger partial charge in [-0.15, -0.1) is 0 Å². The molecule has 156 valence electrons. The first-order chi connectivity index (χ1) is 14.9. The Bertz CT molecular complexity index is 1220. The van der Waals surface area contributed by atoms with Crippen LogP contribution < -0.4 is 4.74 Å². The van der Waals surface area contributed by atoms with Crippen LogP contribution in [0, 0.1) is 5.82 Å². The maximum atomic E-state index is 13.4. The standard InChI is InChI=1S/C23H13Br2ClFNO3/c24-18-8-14(9-19(25)21(18)30-12-13-3-1-5-16(26)7-13)10-20-23(29)31-22(28-20)15-4-2-6-17(27)11-15/h1-11H,12H2/b20-10-. The SMILES string of the molecule is O=C1OC(c2cccc(F)c2)=N/C1=C\c1cc(Br)c(OCc2cccc(Cl)c2)c(Br)c1. The summed E-state index contributed by atoms with van der Waals surface area (Å²) in [6.45, 7) is 0.339. The van der Waals surface area contributed by atoms with Gasteiger partial charge in [-0.1, -0.05) is 29.8 Å².